The predicted molar refractivity (Wildman–Crippen MR) is 84.2 cm³/mol. The number of pyridine rings is 1. The summed E-state index contributed by atoms with van der Waals surface area (Å²) in [6.45, 7) is 1.67. The molecule has 0 aliphatic carbocycles. The molecule has 0 saturated heterocycles. The molecule has 0 fully saturated rings. The van der Waals surface area contributed by atoms with Crippen LogP contribution in [0, 0.1) is 0 Å². The number of aromatic nitrogens is 1. The van der Waals surface area contributed by atoms with Gasteiger partial charge in [-0.3, -0.25) is 9.78 Å². The molecule has 6 heteroatoms. The minimum Gasteiger partial charge on any atom is -0.484 e. The molecular weight excluding hydrogens is 334 g/mol. The Morgan fingerprint density at radius 1 is 1.33 bits per heavy atom. The van der Waals surface area contributed by atoms with Gasteiger partial charge in [0, 0.05) is 10.7 Å². The summed E-state index contributed by atoms with van der Waals surface area (Å²) >= 11 is 3.34. The van der Waals surface area contributed by atoms with Gasteiger partial charge in [-0.05, 0) is 37.3 Å². The number of ether oxygens (including phenoxy) is 1. The maximum absolute atomic E-state index is 11.7. The number of hydrogen-bond donors (Lipinski definition) is 1. The van der Waals surface area contributed by atoms with E-state index in [1.807, 2.05) is 30.3 Å². The lowest BCUT2D eigenvalue weighted by Gasteiger charge is -2.06. The summed E-state index contributed by atoms with van der Waals surface area (Å²) < 4.78 is 6.25. The maximum Gasteiger partial charge on any atom is 0.277 e. The second kappa shape index (κ2) is 7.54. The average molecular weight is 348 g/mol. The number of amides is 1. The Kier molecular flexibility index (Phi) is 5.45. The monoisotopic (exact) mass is 347 g/mol. The van der Waals surface area contributed by atoms with Crippen molar-refractivity contribution in [3.8, 4) is 5.75 Å². The third-order valence-corrected chi connectivity index (χ3v) is 3.04. The van der Waals surface area contributed by atoms with Crippen LogP contribution >= 0.6 is 15.9 Å². The van der Waals surface area contributed by atoms with Crippen molar-refractivity contribution in [1.29, 1.82) is 0 Å². The number of nitrogens with one attached hydrogen (secondary N) is 1. The average Bonchev–Trinajstić information content (AvgIpc) is 2.51. The number of halogens is 1. The van der Waals surface area contributed by atoms with E-state index in [1.54, 1.807) is 25.3 Å². The Bertz CT molecular complexity index is 644. The van der Waals surface area contributed by atoms with Crippen molar-refractivity contribution in [2.24, 2.45) is 5.10 Å². The third kappa shape index (κ3) is 5.00. The number of carbonyl (C=O) groups excluding carboxylic acids is 1. The molecule has 0 aliphatic rings. The van der Waals surface area contributed by atoms with Crippen LogP contribution in [0.2, 0.25) is 0 Å². The third-order valence-electron chi connectivity index (χ3n) is 2.55. The fraction of sp³-hybridized carbons (Fsp3) is 0.133. The van der Waals surface area contributed by atoms with Crippen LogP contribution < -0.4 is 10.2 Å². The molecule has 1 aromatic carbocycles. The molecule has 0 radical (unpaired) electrons. The molecule has 0 unspecified atom stereocenters. The van der Waals surface area contributed by atoms with Crippen LogP contribution in [0.3, 0.4) is 0 Å². The lowest BCUT2D eigenvalue weighted by atomic mass is 10.3. The summed E-state index contributed by atoms with van der Waals surface area (Å²) in [5.74, 6) is 0.287. The van der Waals surface area contributed by atoms with Gasteiger partial charge in [-0.2, -0.15) is 5.10 Å². The number of hydrazone groups is 1. The van der Waals surface area contributed by atoms with Gasteiger partial charge in [0.25, 0.3) is 5.91 Å². The van der Waals surface area contributed by atoms with Crippen molar-refractivity contribution in [2.45, 2.75) is 6.92 Å². The summed E-state index contributed by atoms with van der Waals surface area (Å²) in [7, 11) is 0. The molecule has 108 valence electrons. The van der Waals surface area contributed by atoms with Crippen LogP contribution in [-0.2, 0) is 4.79 Å². The zero-order valence-electron chi connectivity index (χ0n) is 11.4. The fourth-order valence-electron chi connectivity index (χ4n) is 1.52. The molecule has 2 aromatic rings. The first-order valence-electron chi connectivity index (χ1n) is 6.28. The van der Waals surface area contributed by atoms with E-state index in [4.69, 9.17) is 4.74 Å². The second-order valence-electron chi connectivity index (χ2n) is 4.19. The van der Waals surface area contributed by atoms with E-state index in [1.165, 1.54) is 0 Å². The van der Waals surface area contributed by atoms with Crippen molar-refractivity contribution in [3.05, 3.63) is 58.8 Å². The fourth-order valence-corrected chi connectivity index (χ4v) is 1.90. The predicted octanol–water partition coefficient (Wildman–Crippen LogP) is 2.76. The van der Waals surface area contributed by atoms with Gasteiger partial charge in [-0.15, -0.1) is 0 Å². The van der Waals surface area contributed by atoms with E-state index in [0.717, 1.165) is 4.47 Å². The van der Waals surface area contributed by atoms with E-state index >= 15 is 0 Å². The van der Waals surface area contributed by atoms with E-state index in [9.17, 15) is 4.79 Å². The molecule has 1 heterocycles. The summed E-state index contributed by atoms with van der Waals surface area (Å²) in [6.07, 6.45) is 1.67. The highest BCUT2D eigenvalue weighted by molar-refractivity contribution is 9.10. The number of carbonyl (C=O) groups is 1. The van der Waals surface area contributed by atoms with Crippen molar-refractivity contribution >= 4 is 27.5 Å². The smallest absolute Gasteiger partial charge is 0.277 e. The second-order valence-corrected chi connectivity index (χ2v) is 5.11. The van der Waals surface area contributed by atoms with Gasteiger partial charge in [0.05, 0.1) is 11.4 Å². The van der Waals surface area contributed by atoms with Crippen molar-refractivity contribution in [2.75, 3.05) is 6.61 Å². The number of benzene rings is 1. The van der Waals surface area contributed by atoms with Crippen molar-refractivity contribution < 1.29 is 9.53 Å². The first-order chi connectivity index (χ1) is 10.1. The SMILES string of the molecule is C/C(=N/NC(=O)COc1cccc(Br)c1)c1ccccn1. The molecular formula is C15H14BrN3O2. The molecule has 21 heavy (non-hydrogen) atoms. The Balaban J connectivity index is 1.85. The normalized spacial score (nSPS) is 11.0. The quantitative estimate of drug-likeness (QED) is 0.668. The highest BCUT2D eigenvalue weighted by atomic mass is 79.9. The van der Waals surface area contributed by atoms with Crippen LogP contribution in [0.4, 0.5) is 0 Å². The highest BCUT2D eigenvalue weighted by Crippen LogP contribution is 2.17. The lowest BCUT2D eigenvalue weighted by molar-refractivity contribution is -0.123. The minimum atomic E-state index is -0.328. The Hall–Kier alpha value is -2.21. The Morgan fingerprint density at radius 3 is 2.90 bits per heavy atom. The van der Waals surface area contributed by atoms with Crippen LogP contribution in [0.1, 0.15) is 12.6 Å². The molecule has 1 amide bonds. The largest absolute Gasteiger partial charge is 0.484 e. The molecule has 1 aromatic heterocycles. The summed E-state index contributed by atoms with van der Waals surface area (Å²) in [5.41, 5.74) is 3.78. The summed E-state index contributed by atoms with van der Waals surface area (Å²) in [4.78, 5) is 15.8. The van der Waals surface area contributed by atoms with E-state index in [2.05, 4.69) is 31.4 Å². The summed E-state index contributed by atoms with van der Waals surface area (Å²) in [5, 5.41) is 3.99. The van der Waals surface area contributed by atoms with Gasteiger partial charge >= 0.3 is 0 Å². The Morgan fingerprint density at radius 2 is 2.19 bits per heavy atom. The number of nitrogens with zero attached hydrogens (tertiary/aromatic N) is 2. The first-order valence-corrected chi connectivity index (χ1v) is 7.07. The van der Waals surface area contributed by atoms with Gasteiger partial charge in [-0.25, -0.2) is 5.43 Å². The maximum atomic E-state index is 11.7. The van der Waals surface area contributed by atoms with Gasteiger partial charge in [0.15, 0.2) is 6.61 Å². The zero-order chi connectivity index (χ0) is 15.1. The van der Waals surface area contributed by atoms with E-state index < -0.39 is 0 Å². The molecule has 1 N–H and O–H groups in total. The topological polar surface area (TPSA) is 63.6 Å². The molecule has 0 saturated carbocycles. The molecule has 0 spiro atoms. The minimum absolute atomic E-state index is 0.102. The molecule has 2 rings (SSSR count). The highest BCUT2D eigenvalue weighted by Gasteiger charge is 2.03. The van der Waals surface area contributed by atoms with Crippen molar-refractivity contribution in [3.63, 3.8) is 0 Å². The van der Waals surface area contributed by atoms with Crippen molar-refractivity contribution in [1.82, 2.24) is 10.4 Å². The van der Waals surface area contributed by atoms with E-state index in [0.29, 0.717) is 17.2 Å². The van der Waals surface area contributed by atoms with Crippen LogP contribution in [0.25, 0.3) is 0 Å². The van der Waals surface area contributed by atoms with Gasteiger partial charge in [-0.1, -0.05) is 28.1 Å². The van der Waals surface area contributed by atoms with Crippen LogP contribution in [0.15, 0.2) is 58.2 Å². The first kappa shape index (κ1) is 15.2. The molecule has 5 nitrogen and oxygen atoms in total. The van der Waals surface area contributed by atoms with Crippen LogP contribution in [0.5, 0.6) is 5.75 Å². The molecule has 0 aliphatic heterocycles. The molecule has 0 bridgehead atoms. The van der Waals surface area contributed by atoms with Crippen LogP contribution in [-0.4, -0.2) is 23.2 Å². The van der Waals surface area contributed by atoms with Gasteiger partial charge in [0.1, 0.15) is 5.75 Å². The zero-order valence-corrected chi connectivity index (χ0v) is 13.0. The standard InChI is InChI=1S/C15H14BrN3O2/c1-11(14-7-2-3-8-17-14)18-19-15(20)10-21-13-6-4-5-12(16)9-13/h2-9H,10H2,1H3,(H,19,20)/b18-11-. The van der Waals surface area contributed by atoms with E-state index in [-0.39, 0.29) is 12.5 Å². The lowest BCUT2D eigenvalue weighted by Crippen LogP contribution is -2.25. The molecule has 0 atom stereocenters. The number of rotatable bonds is 5. The van der Waals surface area contributed by atoms with Gasteiger partial charge in [0.2, 0.25) is 0 Å². The van der Waals surface area contributed by atoms with Gasteiger partial charge < -0.3 is 4.74 Å². The number of hydrogen-bond acceptors (Lipinski definition) is 4. The Labute approximate surface area is 131 Å². The summed E-state index contributed by atoms with van der Waals surface area (Å²) in [6, 6.07) is 12.8.